The van der Waals surface area contributed by atoms with Crippen LogP contribution in [0.2, 0.25) is 0 Å². The largest absolute Gasteiger partial charge is 0.479 e. The summed E-state index contributed by atoms with van der Waals surface area (Å²) in [4.78, 5) is 37.2. The molecular formula is C15H18N2O4S. The third kappa shape index (κ3) is 3.24. The van der Waals surface area contributed by atoms with Crippen LogP contribution in [0.3, 0.4) is 0 Å². The average Bonchev–Trinajstić information content (AvgIpc) is 2.96. The van der Waals surface area contributed by atoms with E-state index in [1.165, 1.54) is 22.7 Å². The quantitative estimate of drug-likeness (QED) is 0.866. The first kappa shape index (κ1) is 16.4. The molecule has 1 aromatic carbocycles. The fourth-order valence-corrected chi connectivity index (χ4v) is 3.55. The van der Waals surface area contributed by atoms with Gasteiger partial charge in [-0.15, -0.1) is 0 Å². The van der Waals surface area contributed by atoms with E-state index in [4.69, 9.17) is 0 Å². The molecule has 1 saturated heterocycles. The third-order valence-corrected chi connectivity index (χ3v) is 4.75. The van der Waals surface area contributed by atoms with Crippen LogP contribution in [0.15, 0.2) is 24.3 Å². The Kier molecular flexibility index (Phi) is 4.75. The van der Waals surface area contributed by atoms with Crippen molar-refractivity contribution >= 4 is 29.5 Å². The summed E-state index contributed by atoms with van der Waals surface area (Å²) in [6.07, 6.45) is 0.398. The number of thioether (sulfide) groups is 1. The Morgan fingerprint density at radius 2 is 1.95 bits per heavy atom. The second kappa shape index (κ2) is 6.39. The molecular weight excluding hydrogens is 304 g/mol. The molecule has 0 aromatic heterocycles. The summed E-state index contributed by atoms with van der Waals surface area (Å²) >= 11 is 1.50. The van der Waals surface area contributed by atoms with Gasteiger partial charge in [0.2, 0.25) is 0 Å². The normalized spacial score (nSPS) is 20.5. The number of hydrogen-bond donors (Lipinski definition) is 2. The van der Waals surface area contributed by atoms with E-state index in [9.17, 15) is 19.5 Å². The van der Waals surface area contributed by atoms with E-state index in [1.54, 1.807) is 32.3 Å². The second-order valence-electron chi connectivity index (χ2n) is 5.42. The lowest BCUT2D eigenvalue weighted by atomic mass is 9.98. The first-order valence-corrected chi connectivity index (χ1v) is 7.96. The zero-order valence-corrected chi connectivity index (χ0v) is 13.3. The van der Waals surface area contributed by atoms with Gasteiger partial charge in [-0.05, 0) is 30.4 Å². The first-order chi connectivity index (χ1) is 10.4. The van der Waals surface area contributed by atoms with E-state index in [0.29, 0.717) is 23.5 Å². The Hall–Kier alpha value is -2.02. The maximum atomic E-state index is 12.3. The molecule has 118 valence electrons. The molecule has 0 saturated carbocycles. The summed E-state index contributed by atoms with van der Waals surface area (Å²) in [5, 5.41) is 12.0. The molecule has 1 aromatic rings. The van der Waals surface area contributed by atoms with Crippen molar-refractivity contribution in [2.45, 2.75) is 12.0 Å². The highest BCUT2D eigenvalue weighted by molar-refractivity contribution is 7.99. The summed E-state index contributed by atoms with van der Waals surface area (Å²) in [6.45, 7) is 0. The van der Waals surface area contributed by atoms with Crippen LogP contribution in [-0.4, -0.2) is 58.9 Å². The maximum Gasteiger partial charge on any atom is 0.330 e. The molecule has 22 heavy (non-hydrogen) atoms. The van der Waals surface area contributed by atoms with Gasteiger partial charge in [0.05, 0.1) is 0 Å². The van der Waals surface area contributed by atoms with E-state index < -0.39 is 17.4 Å². The lowest BCUT2D eigenvalue weighted by Gasteiger charge is -2.24. The van der Waals surface area contributed by atoms with Crippen LogP contribution in [-0.2, 0) is 4.79 Å². The standard InChI is InChI=1S/C15H18N2O4S/c1-17(2)13(19)11-5-3-4-10(8-11)12(18)16-15(14(20)21)6-7-22-9-15/h3-5,8H,6-7,9H2,1-2H3,(H,16,18)(H,20,21). The molecule has 1 aliphatic heterocycles. The third-order valence-electron chi connectivity index (χ3n) is 3.56. The number of amides is 2. The number of carbonyl (C=O) groups is 3. The zero-order chi connectivity index (χ0) is 16.3. The number of rotatable bonds is 4. The van der Waals surface area contributed by atoms with Crippen LogP contribution < -0.4 is 5.32 Å². The molecule has 6 nitrogen and oxygen atoms in total. The van der Waals surface area contributed by atoms with Crippen LogP contribution in [0.1, 0.15) is 27.1 Å². The molecule has 1 aliphatic rings. The fourth-order valence-electron chi connectivity index (χ4n) is 2.23. The molecule has 0 radical (unpaired) electrons. The number of carboxylic acids is 1. The average molecular weight is 322 g/mol. The highest BCUT2D eigenvalue weighted by atomic mass is 32.2. The molecule has 1 fully saturated rings. The SMILES string of the molecule is CN(C)C(=O)c1cccc(C(=O)NC2(C(=O)O)CCSC2)c1. The van der Waals surface area contributed by atoms with Gasteiger partial charge in [-0.1, -0.05) is 6.07 Å². The molecule has 2 rings (SSSR count). The van der Waals surface area contributed by atoms with Crippen molar-refractivity contribution in [1.29, 1.82) is 0 Å². The van der Waals surface area contributed by atoms with E-state index in [-0.39, 0.29) is 11.5 Å². The predicted molar refractivity (Wildman–Crippen MR) is 84.2 cm³/mol. The lowest BCUT2D eigenvalue weighted by Crippen LogP contribution is -2.54. The van der Waals surface area contributed by atoms with Crippen molar-refractivity contribution in [2.75, 3.05) is 25.6 Å². The number of hydrogen-bond acceptors (Lipinski definition) is 4. The maximum absolute atomic E-state index is 12.3. The van der Waals surface area contributed by atoms with Crippen molar-refractivity contribution in [2.24, 2.45) is 0 Å². The number of nitrogens with zero attached hydrogens (tertiary/aromatic N) is 1. The highest BCUT2D eigenvalue weighted by Crippen LogP contribution is 2.28. The highest BCUT2D eigenvalue weighted by Gasteiger charge is 2.43. The Labute approximate surface area is 132 Å². The molecule has 0 bridgehead atoms. The molecule has 2 amide bonds. The lowest BCUT2D eigenvalue weighted by molar-refractivity contribution is -0.143. The minimum atomic E-state index is -1.22. The molecule has 0 spiro atoms. The van der Waals surface area contributed by atoms with E-state index in [2.05, 4.69) is 5.32 Å². The summed E-state index contributed by atoms with van der Waals surface area (Å²) in [6, 6.07) is 6.29. The molecule has 2 N–H and O–H groups in total. The minimum Gasteiger partial charge on any atom is -0.479 e. The monoisotopic (exact) mass is 322 g/mol. The smallest absolute Gasteiger partial charge is 0.330 e. The second-order valence-corrected chi connectivity index (χ2v) is 6.53. The topological polar surface area (TPSA) is 86.7 Å². The van der Waals surface area contributed by atoms with Crippen molar-refractivity contribution in [3.63, 3.8) is 0 Å². The number of benzene rings is 1. The van der Waals surface area contributed by atoms with Gasteiger partial charge >= 0.3 is 5.97 Å². The van der Waals surface area contributed by atoms with Crippen LogP contribution in [0.25, 0.3) is 0 Å². The van der Waals surface area contributed by atoms with Gasteiger partial charge in [-0.2, -0.15) is 11.8 Å². The van der Waals surface area contributed by atoms with E-state index >= 15 is 0 Å². The van der Waals surface area contributed by atoms with Crippen LogP contribution in [0.4, 0.5) is 0 Å². The summed E-state index contributed by atoms with van der Waals surface area (Å²) < 4.78 is 0. The Bertz CT molecular complexity index is 609. The van der Waals surface area contributed by atoms with Crippen LogP contribution in [0.5, 0.6) is 0 Å². The van der Waals surface area contributed by atoms with Crippen molar-refractivity contribution in [3.05, 3.63) is 35.4 Å². The van der Waals surface area contributed by atoms with Gasteiger partial charge in [-0.3, -0.25) is 9.59 Å². The molecule has 0 aliphatic carbocycles. The van der Waals surface area contributed by atoms with Crippen LogP contribution in [0, 0.1) is 0 Å². The summed E-state index contributed by atoms with van der Waals surface area (Å²) in [5.74, 6) is -0.653. The van der Waals surface area contributed by atoms with Gasteiger partial charge in [-0.25, -0.2) is 4.79 Å². The predicted octanol–water partition coefficient (Wildman–Crippen LogP) is 1.08. The van der Waals surface area contributed by atoms with Crippen LogP contribution >= 0.6 is 11.8 Å². The summed E-state index contributed by atoms with van der Waals surface area (Å²) in [7, 11) is 3.26. The minimum absolute atomic E-state index is 0.209. The van der Waals surface area contributed by atoms with E-state index in [0.717, 1.165) is 0 Å². The van der Waals surface area contributed by atoms with Crippen molar-refractivity contribution < 1.29 is 19.5 Å². The van der Waals surface area contributed by atoms with Gasteiger partial charge in [0.25, 0.3) is 11.8 Å². The number of aliphatic carboxylic acids is 1. The molecule has 7 heteroatoms. The van der Waals surface area contributed by atoms with E-state index in [1.807, 2.05) is 0 Å². The van der Waals surface area contributed by atoms with Gasteiger partial charge < -0.3 is 15.3 Å². The molecule has 1 atom stereocenters. The Morgan fingerprint density at radius 1 is 1.27 bits per heavy atom. The van der Waals surface area contributed by atoms with Gasteiger partial charge in [0, 0.05) is 31.0 Å². The molecule has 1 heterocycles. The zero-order valence-electron chi connectivity index (χ0n) is 12.5. The fraction of sp³-hybridized carbons (Fsp3) is 0.400. The number of carbonyl (C=O) groups excluding carboxylic acids is 2. The number of nitrogens with one attached hydrogen (secondary N) is 1. The number of carboxylic acid groups (broad SMARTS) is 1. The summed E-state index contributed by atoms with van der Waals surface area (Å²) in [5.41, 5.74) is -0.545. The van der Waals surface area contributed by atoms with Gasteiger partial charge in [0.15, 0.2) is 0 Å². The Balaban J connectivity index is 2.21. The van der Waals surface area contributed by atoms with Crippen molar-refractivity contribution in [3.8, 4) is 0 Å². The first-order valence-electron chi connectivity index (χ1n) is 6.81. The van der Waals surface area contributed by atoms with Gasteiger partial charge in [0.1, 0.15) is 5.54 Å². The van der Waals surface area contributed by atoms with Crippen molar-refractivity contribution in [1.82, 2.24) is 10.2 Å². The Morgan fingerprint density at radius 3 is 2.50 bits per heavy atom. The molecule has 1 unspecified atom stereocenters.